The van der Waals surface area contributed by atoms with E-state index in [1.165, 1.54) is 6.33 Å². The van der Waals surface area contributed by atoms with E-state index in [1.54, 1.807) is 17.8 Å². The van der Waals surface area contributed by atoms with Gasteiger partial charge in [0.1, 0.15) is 24.0 Å². The van der Waals surface area contributed by atoms with E-state index < -0.39 is 20.0 Å². The third kappa shape index (κ3) is 7.25. The highest BCUT2D eigenvalue weighted by atomic mass is 32.1. The van der Waals surface area contributed by atoms with Gasteiger partial charge in [0, 0.05) is 24.1 Å². The number of ketones is 1. The van der Waals surface area contributed by atoms with E-state index >= 15 is 0 Å². The first-order chi connectivity index (χ1) is 14.7. The summed E-state index contributed by atoms with van der Waals surface area (Å²) >= 11 is 4.49. The van der Waals surface area contributed by atoms with Gasteiger partial charge in [0.05, 0.1) is 19.0 Å². The average Bonchev–Trinajstić information content (AvgIpc) is 3.13. The number of fused-ring (bicyclic) bond motifs is 1. The molecule has 0 amide bonds. The average molecular weight is 472 g/mol. The molecule has 172 valence electrons. The van der Waals surface area contributed by atoms with E-state index in [9.17, 15) is 9.36 Å². The van der Waals surface area contributed by atoms with Crippen LogP contribution in [0.15, 0.2) is 12.7 Å². The van der Waals surface area contributed by atoms with Crippen molar-refractivity contribution in [3.8, 4) is 0 Å². The van der Waals surface area contributed by atoms with Crippen LogP contribution < -0.4 is 5.32 Å². The fourth-order valence-electron chi connectivity index (χ4n) is 3.77. The molecule has 0 unspecified atom stereocenters. The number of carbonyl (C=O) groups is 1. The minimum absolute atomic E-state index is 0.180. The number of imidazole rings is 1. The largest absolute Gasteiger partial charge is 0.368 e. The van der Waals surface area contributed by atoms with Gasteiger partial charge in [-0.15, -0.1) is 0 Å². The van der Waals surface area contributed by atoms with Crippen molar-refractivity contribution in [1.82, 2.24) is 19.5 Å². The predicted octanol–water partition coefficient (Wildman–Crippen LogP) is 2.62. The lowest BCUT2D eigenvalue weighted by molar-refractivity contribution is -0.123. The molecule has 0 bridgehead atoms. The Morgan fingerprint density at radius 3 is 2.77 bits per heavy atom. The zero-order valence-corrected chi connectivity index (χ0v) is 19.3. The van der Waals surface area contributed by atoms with Crippen molar-refractivity contribution in [1.29, 1.82) is 0 Å². The Kier molecular flexibility index (Phi) is 8.46. The summed E-state index contributed by atoms with van der Waals surface area (Å²) in [6.45, 7) is 2.67. The maximum atomic E-state index is 12.4. The van der Waals surface area contributed by atoms with Crippen LogP contribution in [0, 0.1) is 5.92 Å². The molecule has 1 aliphatic rings. The number of Topliss-reactive ketones (excluding diaryl/α,β-unsaturated/α-hetero) is 1. The Bertz CT molecular complexity index is 928. The summed E-state index contributed by atoms with van der Waals surface area (Å²) in [5.74, 6) is 1.11. The molecule has 10 nitrogen and oxygen atoms in total. The molecule has 0 aromatic carbocycles. The molecule has 12 heteroatoms. The number of aromatic nitrogens is 4. The van der Waals surface area contributed by atoms with Gasteiger partial charge >= 0.3 is 7.60 Å². The first kappa shape index (κ1) is 24.1. The molecule has 1 fully saturated rings. The van der Waals surface area contributed by atoms with Crippen LogP contribution in [-0.2, 0) is 20.6 Å². The van der Waals surface area contributed by atoms with Crippen LogP contribution in [0.25, 0.3) is 11.2 Å². The Hall–Kier alpha value is -1.52. The van der Waals surface area contributed by atoms with Crippen molar-refractivity contribution in [3.63, 3.8) is 0 Å². The Morgan fingerprint density at radius 2 is 2.06 bits per heavy atom. The molecule has 1 atom stereocenters. The van der Waals surface area contributed by atoms with E-state index in [4.69, 9.17) is 14.5 Å². The predicted molar refractivity (Wildman–Crippen MR) is 120 cm³/mol. The van der Waals surface area contributed by atoms with Gasteiger partial charge < -0.3 is 24.4 Å². The normalized spacial score (nSPS) is 20.6. The lowest BCUT2D eigenvalue weighted by atomic mass is 9.84. The number of carbonyl (C=O) groups excluding carboxylic acids is 1. The van der Waals surface area contributed by atoms with Crippen LogP contribution in [0.5, 0.6) is 0 Å². The van der Waals surface area contributed by atoms with Crippen LogP contribution in [0.2, 0.25) is 0 Å². The molecule has 0 aliphatic heterocycles. The number of hydrogen-bond donors (Lipinski definition) is 4. The van der Waals surface area contributed by atoms with Crippen molar-refractivity contribution in [2.75, 3.05) is 18.2 Å². The standard InChI is InChI=1S/C19H30N5O5PS/c1-13(29-12-30(26,27)28)9-24-11-23-17-18(21-10-22-19(17)24)20-8-2-3-16(25)14-4-6-15(31)7-5-14/h10-11,13-15,31H,2-9,12H2,1H3,(H,20,21,22)(H2,26,27,28)/t13-,14?,15?/m1/s1. The van der Waals surface area contributed by atoms with Crippen molar-refractivity contribution in [2.45, 2.75) is 63.3 Å². The molecule has 2 aromatic heterocycles. The van der Waals surface area contributed by atoms with Crippen molar-refractivity contribution >= 4 is 43.0 Å². The first-order valence-electron chi connectivity index (χ1n) is 10.5. The van der Waals surface area contributed by atoms with Crippen LogP contribution in [-0.4, -0.2) is 59.3 Å². The third-order valence-corrected chi connectivity index (χ3v) is 6.43. The zero-order valence-electron chi connectivity index (χ0n) is 17.6. The molecule has 1 aliphatic carbocycles. The summed E-state index contributed by atoms with van der Waals surface area (Å²) in [5.41, 5.74) is 1.20. The zero-order chi connectivity index (χ0) is 22.4. The van der Waals surface area contributed by atoms with Crippen LogP contribution in [0.3, 0.4) is 0 Å². The number of nitrogens with one attached hydrogen (secondary N) is 1. The number of rotatable bonds is 11. The third-order valence-electron chi connectivity index (χ3n) is 5.43. The molecule has 0 saturated heterocycles. The lowest BCUT2D eigenvalue weighted by Crippen LogP contribution is -2.22. The monoisotopic (exact) mass is 471 g/mol. The second-order valence-corrected chi connectivity index (χ2v) is 10.4. The van der Waals surface area contributed by atoms with E-state index in [0.29, 0.717) is 47.5 Å². The smallest absolute Gasteiger partial charge is 0.350 e. The number of ether oxygens (including phenoxy) is 1. The summed E-state index contributed by atoms with van der Waals surface area (Å²) in [6.07, 6.45) is 7.17. The first-order valence-corrected chi connectivity index (χ1v) is 12.8. The molecule has 1 saturated carbocycles. The molecule has 3 rings (SSSR count). The maximum Gasteiger partial charge on any atom is 0.350 e. The van der Waals surface area contributed by atoms with Gasteiger partial charge in [-0.1, -0.05) is 0 Å². The topological polar surface area (TPSA) is 139 Å². The fraction of sp³-hybridized carbons (Fsp3) is 0.684. The van der Waals surface area contributed by atoms with Gasteiger partial charge in [-0.25, -0.2) is 15.0 Å². The quantitative estimate of drug-likeness (QED) is 0.221. The van der Waals surface area contributed by atoms with E-state index in [0.717, 1.165) is 32.1 Å². The highest BCUT2D eigenvalue weighted by Gasteiger charge is 2.24. The molecule has 2 heterocycles. The molecule has 3 N–H and O–H groups in total. The fourth-order valence-corrected chi connectivity index (χ4v) is 4.52. The van der Waals surface area contributed by atoms with Crippen molar-refractivity contribution in [2.24, 2.45) is 5.92 Å². The van der Waals surface area contributed by atoms with Crippen LogP contribution in [0.4, 0.5) is 5.82 Å². The van der Waals surface area contributed by atoms with Gasteiger partial charge in [-0.05, 0) is 39.0 Å². The second-order valence-electron chi connectivity index (χ2n) is 8.06. The molecular weight excluding hydrogens is 441 g/mol. The number of nitrogens with zero attached hydrogens (tertiary/aromatic N) is 4. The van der Waals surface area contributed by atoms with Gasteiger partial charge in [0.15, 0.2) is 11.5 Å². The van der Waals surface area contributed by atoms with Gasteiger partial charge in [-0.2, -0.15) is 12.6 Å². The van der Waals surface area contributed by atoms with E-state index in [2.05, 4.69) is 32.9 Å². The maximum absolute atomic E-state index is 12.4. The summed E-state index contributed by atoms with van der Waals surface area (Å²) in [6, 6.07) is 0. The van der Waals surface area contributed by atoms with Gasteiger partial charge in [0.2, 0.25) is 0 Å². The molecule has 0 radical (unpaired) electrons. The summed E-state index contributed by atoms with van der Waals surface area (Å²) in [7, 11) is -4.21. The summed E-state index contributed by atoms with van der Waals surface area (Å²) in [5, 5.41) is 3.68. The minimum Gasteiger partial charge on any atom is -0.368 e. The Labute approximate surface area is 186 Å². The van der Waals surface area contributed by atoms with Crippen LogP contribution in [0.1, 0.15) is 45.4 Å². The lowest BCUT2D eigenvalue weighted by Gasteiger charge is -2.24. The van der Waals surface area contributed by atoms with E-state index in [1.807, 2.05) is 0 Å². The Balaban J connectivity index is 1.50. The van der Waals surface area contributed by atoms with Gasteiger partial charge in [-0.3, -0.25) is 9.36 Å². The molecular formula is C19H30N5O5PS. The Morgan fingerprint density at radius 1 is 1.32 bits per heavy atom. The SMILES string of the molecule is C[C@H](Cn1cnc2c(NCCCC(=O)C3CCC(S)CC3)ncnc21)OCP(=O)(O)O. The molecule has 31 heavy (non-hydrogen) atoms. The second kappa shape index (κ2) is 10.9. The summed E-state index contributed by atoms with van der Waals surface area (Å²) in [4.78, 5) is 43.2. The molecule has 0 spiro atoms. The highest BCUT2D eigenvalue weighted by Crippen LogP contribution is 2.34. The van der Waals surface area contributed by atoms with Crippen molar-refractivity contribution in [3.05, 3.63) is 12.7 Å². The minimum atomic E-state index is -4.21. The van der Waals surface area contributed by atoms with E-state index in [-0.39, 0.29) is 5.92 Å². The number of thiol groups is 1. The number of hydrogen-bond acceptors (Lipinski definition) is 8. The molecule has 2 aromatic rings. The number of anilines is 1. The van der Waals surface area contributed by atoms with Gasteiger partial charge in [0.25, 0.3) is 0 Å². The van der Waals surface area contributed by atoms with Crippen molar-refractivity contribution < 1.29 is 23.9 Å². The highest BCUT2D eigenvalue weighted by molar-refractivity contribution is 7.80. The summed E-state index contributed by atoms with van der Waals surface area (Å²) < 4.78 is 17.9. The van der Waals surface area contributed by atoms with Crippen LogP contribution >= 0.6 is 20.2 Å².